The average Bonchev–Trinajstić information content (AvgIpc) is 3.07. The van der Waals surface area contributed by atoms with Crippen LogP contribution in [-0.4, -0.2) is 67.1 Å². The predicted molar refractivity (Wildman–Crippen MR) is 97.9 cm³/mol. The number of benzene rings is 1. The molecule has 0 saturated carbocycles. The van der Waals surface area contributed by atoms with Crippen LogP contribution in [0.3, 0.4) is 0 Å². The maximum atomic E-state index is 12.6. The Balaban J connectivity index is 0.00000208. The first kappa shape index (κ1) is 19.0. The number of ether oxygens (including phenoxy) is 1. The molecular weight excluding hydrogens is 326 g/mol. The molecule has 6 heteroatoms. The van der Waals surface area contributed by atoms with E-state index >= 15 is 0 Å². The van der Waals surface area contributed by atoms with Crippen molar-refractivity contribution in [2.75, 3.05) is 39.3 Å². The number of hydrogen-bond acceptors (Lipinski definition) is 4. The first-order valence-electron chi connectivity index (χ1n) is 8.60. The molecule has 0 radical (unpaired) electrons. The molecule has 1 amide bonds. The number of carbonyl (C=O) groups excluding carboxylic acids is 1. The van der Waals surface area contributed by atoms with E-state index in [1.165, 1.54) is 5.56 Å². The maximum absolute atomic E-state index is 12.6. The zero-order chi connectivity index (χ0) is 16.2. The molecule has 2 aliphatic rings. The van der Waals surface area contributed by atoms with Crippen LogP contribution in [0.25, 0.3) is 0 Å². The van der Waals surface area contributed by atoms with E-state index < -0.39 is 6.10 Å². The minimum Gasteiger partial charge on any atom is -0.481 e. The minimum atomic E-state index is -0.431. The number of hydrogen-bond donors (Lipinski definition) is 1. The highest BCUT2D eigenvalue weighted by Crippen LogP contribution is 2.19. The number of amides is 1. The maximum Gasteiger partial charge on any atom is 0.263 e. The number of likely N-dealkylation sites (tertiary alicyclic amines) is 1. The van der Waals surface area contributed by atoms with Crippen LogP contribution in [0, 0.1) is 6.92 Å². The van der Waals surface area contributed by atoms with Gasteiger partial charge in [-0.15, -0.1) is 12.4 Å². The summed E-state index contributed by atoms with van der Waals surface area (Å²) in [5, 5.41) is 3.38. The number of halogens is 1. The van der Waals surface area contributed by atoms with E-state index in [-0.39, 0.29) is 18.3 Å². The van der Waals surface area contributed by atoms with Crippen molar-refractivity contribution in [2.45, 2.75) is 32.4 Å². The number of nitrogens with one attached hydrogen (secondary N) is 1. The first-order chi connectivity index (χ1) is 11.1. The summed E-state index contributed by atoms with van der Waals surface area (Å²) in [7, 11) is 0. The summed E-state index contributed by atoms with van der Waals surface area (Å²) in [6.07, 6.45) is 0.641. The van der Waals surface area contributed by atoms with Crippen molar-refractivity contribution >= 4 is 18.3 Å². The Kier molecular flexibility index (Phi) is 6.90. The summed E-state index contributed by atoms with van der Waals surface area (Å²) >= 11 is 0. The molecule has 2 aliphatic heterocycles. The normalized spacial score (nSPS) is 22.8. The van der Waals surface area contributed by atoms with Crippen molar-refractivity contribution in [3.8, 4) is 5.75 Å². The lowest BCUT2D eigenvalue weighted by atomic mass is 10.2. The van der Waals surface area contributed by atoms with Crippen LogP contribution in [0.15, 0.2) is 24.3 Å². The second kappa shape index (κ2) is 8.70. The summed E-state index contributed by atoms with van der Waals surface area (Å²) in [5.41, 5.74) is 1.19. The van der Waals surface area contributed by atoms with Crippen LogP contribution in [0.4, 0.5) is 0 Å². The number of piperazine rings is 1. The highest BCUT2D eigenvalue weighted by molar-refractivity contribution is 5.85. The van der Waals surface area contributed by atoms with Crippen LogP contribution < -0.4 is 10.1 Å². The van der Waals surface area contributed by atoms with Gasteiger partial charge in [0.2, 0.25) is 0 Å². The molecule has 24 heavy (non-hydrogen) atoms. The van der Waals surface area contributed by atoms with Gasteiger partial charge in [-0.2, -0.15) is 0 Å². The van der Waals surface area contributed by atoms with Gasteiger partial charge in [0.25, 0.3) is 5.91 Å². The Bertz CT molecular complexity index is 532. The molecular formula is C18H28ClN3O2. The van der Waals surface area contributed by atoms with E-state index in [1.54, 1.807) is 0 Å². The van der Waals surface area contributed by atoms with Crippen molar-refractivity contribution in [2.24, 2.45) is 0 Å². The fraction of sp³-hybridized carbons (Fsp3) is 0.611. The third kappa shape index (κ3) is 4.62. The number of rotatable bonds is 4. The van der Waals surface area contributed by atoms with E-state index in [4.69, 9.17) is 4.74 Å². The van der Waals surface area contributed by atoms with Crippen LogP contribution >= 0.6 is 12.4 Å². The molecule has 2 saturated heterocycles. The molecule has 1 aromatic rings. The fourth-order valence-corrected chi connectivity index (χ4v) is 3.42. The van der Waals surface area contributed by atoms with E-state index in [0.717, 1.165) is 51.4 Å². The molecule has 2 atom stereocenters. The van der Waals surface area contributed by atoms with Gasteiger partial charge in [-0.05, 0) is 32.4 Å². The van der Waals surface area contributed by atoms with Crippen molar-refractivity contribution < 1.29 is 9.53 Å². The smallest absolute Gasteiger partial charge is 0.263 e. The number of aryl methyl sites for hydroxylation is 1. The lowest BCUT2D eigenvalue weighted by Gasteiger charge is -2.32. The van der Waals surface area contributed by atoms with Gasteiger partial charge in [0.05, 0.1) is 0 Å². The Morgan fingerprint density at radius 2 is 1.88 bits per heavy atom. The molecule has 0 bridgehead atoms. The largest absolute Gasteiger partial charge is 0.481 e. The Hall–Kier alpha value is -1.30. The molecule has 2 unspecified atom stereocenters. The molecule has 0 spiro atoms. The van der Waals surface area contributed by atoms with Crippen molar-refractivity contribution in [3.05, 3.63) is 29.8 Å². The second-order valence-corrected chi connectivity index (χ2v) is 6.59. The topological polar surface area (TPSA) is 44.8 Å². The molecule has 1 N–H and O–H groups in total. The quantitative estimate of drug-likeness (QED) is 0.894. The highest BCUT2D eigenvalue weighted by atomic mass is 35.5. The van der Waals surface area contributed by atoms with Crippen LogP contribution in [0.5, 0.6) is 5.75 Å². The first-order valence-corrected chi connectivity index (χ1v) is 8.60. The standard InChI is InChI=1S/C18H27N3O2.ClH/c1-14-3-5-17(6-4-14)23-15(2)18(22)21-10-7-16(13-21)20-11-8-19-9-12-20;/h3-6,15-16,19H,7-13H2,1-2H3;1H. The SMILES string of the molecule is Cc1ccc(OC(C)C(=O)N2CCC(N3CCNCC3)C2)cc1.Cl. The lowest BCUT2D eigenvalue weighted by Crippen LogP contribution is -2.50. The fourth-order valence-electron chi connectivity index (χ4n) is 3.42. The summed E-state index contributed by atoms with van der Waals surface area (Å²) < 4.78 is 5.81. The Morgan fingerprint density at radius 1 is 1.21 bits per heavy atom. The summed E-state index contributed by atoms with van der Waals surface area (Å²) in [5.74, 6) is 0.859. The van der Waals surface area contributed by atoms with Gasteiger partial charge < -0.3 is 15.0 Å². The monoisotopic (exact) mass is 353 g/mol. The molecule has 0 aromatic heterocycles. The Morgan fingerprint density at radius 3 is 2.54 bits per heavy atom. The van der Waals surface area contributed by atoms with E-state index in [2.05, 4.69) is 10.2 Å². The van der Waals surface area contributed by atoms with Gasteiger partial charge in [0, 0.05) is 45.3 Å². The van der Waals surface area contributed by atoms with E-state index in [9.17, 15) is 4.79 Å². The molecule has 3 rings (SSSR count). The molecule has 2 fully saturated rings. The number of nitrogens with zero attached hydrogens (tertiary/aromatic N) is 2. The van der Waals surface area contributed by atoms with Gasteiger partial charge >= 0.3 is 0 Å². The summed E-state index contributed by atoms with van der Waals surface area (Å²) in [4.78, 5) is 17.1. The van der Waals surface area contributed by atoms with Gasteiger partial charge in [0.15, 0.2) is 6.10 Å². The Labute approximate surface area is 150 Å². The summed E-state index contributed by atoms with van der Waals surface area (Å²) in [6.45, 7) is 9.84. The zero-order valence-corrected chi connectivity index (χ0v) is 15.3. The minimum absolute atomic E-state index is 0. The molecule has 0 aliphatic carbocycles. The molecule has 1 aromatic carbocycles. The lowest BCUT2D eigenvalue weighted by molar-refractivity contribution is -0.137. The van der Waals surface area contributed by atoms with Crippen molar-refractivity contribution in [3.63, 3.8) is 0 Å². The average molecular weight is 354 g/mol. The second-order valence-electron chi connectivity index (χ2n) is 6.59. The van der Waals surface area contributed by atoms with Crippen LogP contribution in [0.1, 0.15) is 18.9 Å². The van der Waals surface area contributed by atoms with Gasteiger partial charge in [-0.3, -0.25) is 9.69 Å². The van der Waals surface area contributed by atoms with Gasteiger partial charge in [0.1, 0.15) is 5.75 Å². The predicted octanol–water partition coefficient (Wildman–Crippen LogP) is 1.69. The van der Waals surface area contributed by atoms with Crippen molar-refractivity contribution in [1.82, 2.24) is 15.1 Å². The zero-order valence-electron chi connectivity index (χ0n) is 14.5. The van der Waals surface area contributed by atoms with Gasteiger partial charge in [-0.25, -0.2) is 0 Å². The van der Waals surface area contributed by atoms with Crippen LogP contribution in [0.2, 0.25) is 0 Å². The van der Waals surface area contributed by atoms with Crippen LogP contribution in [-0.2, 0) is 4.79 Å². The van der Waals surface area contributed by atoms with E-state index in [0.29, 0.717) is 6.04 Å². The van der Waals surface area contributed by atoms with Crippen molar-refractivity contribution in [1.29, 1.82) is 0 Å². The van der Waals surface area contributed by atoms with Gasteiger partial charge in [-0.1, -0.05) is 17.7 Å². The number of carbonyl (C=O) groups is 1. The molecule has 134 valence electrons. The molecule has 5 nitrogen and oxygen atoms in total. The van der Waals surface area contributed by atoms with E-state index in [1.807, 2.05) is 43.0 Å². The third-order valence-corrected chi connectivity index (χ3v) is 4.82. The molecule has 2 heterocycles. The summed E-state index contributed by atoms with van der Waals surface area (Å²) in [6, 6.07) is 8.36. The third-order valence-electron chi connectivity index (χ3n) is 4.82. The highest BCUT2D eigenvalue weighted by Gasteiger charge is 2.33.